The molecule has 0 amide bonds. The highest BCUT2D eigenvalue weighted by molar-refractivity contribution is 7.21. The van der Waals surface area contributed by atoms with Crippen LogP contribution in [-0.4, -0.2) is 22.5 Å². The summed E-state index contributed by atoms with van der Waals surface area (Å²) in [5, 5.41) is 9.42. The molecule has 8 heteroatoms. The number of nitrogens with two attached hydrogens (primary N) is 1. The van der Waals surface area contributed by atoms with Crippen LogP contribution in [0, 0.1) is 11.3 Å². The van der Waals surface area contributed by atoms with Gasteiger partial charge in [-0.05, 0) is 31.2 Å². The van der Waals surface area contributed by atoms with Gasteiger partial charge in [-0.25, -0.2) is 14.8 Å². The van der Waals surface area contributed by atoms with E-state index in [1.165, 1.54) is 11.3 Å². The fourth-order valence-electron chi connectivity index (χ4n) is 1.77. The molecule has 0 bridgehead atoms. The van der Waals surface area contributed by atoms with Crippen molar-refractivity contribution in [3.05, 3.63) is 52.3 Å². The minimum atomic E-state index is -0.377. The van der Waals surface area contributed by atoms with Crippen molar-refractivity contribution in [1.29, 1.82) is 5.26 Å². The summed E-state index contributed by atoms with van der Waals surface area (Å²) >= 11 is 6.75. The molecule has 6 nitrogen and oxygen atoms in total. The number of aromatic nitrogens is 2. The topological polar surface area (TPSA) is 102 Å². The highest BCUT2D eigenvalue weighted by atomic mass is 35.5. The van der Waals surface area contributed by atoms with Crippen LogP contribution < -0.4 is 5.73 Å². The highest BCUT2D eigenvalue weighted by Crippen LogP contribution is 2.32. The van der Waals surface area contributed by atoms with Crippen LogP contribution in [0.15, 0.2) is 36.7 Å². The van der Waals surface area contributed by atoms with Gasteiger partial charge in [0.1, 0.15) is 20.9 Å². The van der Waals surface area contributed by atoms with Crippen LogP contribution in [-0.2, 0) is 4.74 Å². The molecule has 0 spiro atoms. The molecule has 24 heavy (non-hydrogen) atoms. The van der Waals surface area contributed by atoms with Crippen molar-refractivity contribution in [2.45, 2.75) is 6.92 Å². The van der Waals surface area contributed by atoms with Gasteiger partial charge in [-0.3, -0.25) is 0 Å². The molecule has 3 heterocycles. The Hall–Kier alpha value is -2.69. The Balaban J connectivity index is 0.000000198. The first-order valence-electron chi connectivity index (χ1n) is 6.89. The van der Waals surface area contributed by atoms with E-state index in [0.717, 1.165) is 10.2 Å². The van der Waals surface area contributed by atoms with E-state index >= 15 is 0 Å². The maximum Gasteiger partial charge on any atom is 0.350 e. The van der Waals surface area contributed by atoms with Gasteiger partial charge in [0.15, 0.2) is 0 Å². The number of carbonyl (C=O) groups excluding carboxylic acids is 1. The Labute approximate surface area is 147 Å². The van der Waals surface area contributed by atoms with E-state index in [0.29, 0.717) is 22.7 Å². The predicted molar refractivity (Wildman–Crippen MR) is 94.0 cm³/mol. The van der Waals surface area contributed by atoms with Gasteiger partial charge in [-0.2, -0.15) is 5.26 Å². The first kappa shape index (κ1) is 17.7. The number of thiophene rings is 1. The smallest absolute Gasteiger partial charge is 0.350 e. The molecule has 0 saturated heterocycles. The van der Waals surface area contributed by atoms with E-state index in [2.05, 4.69) is 9.97 Å². The van der Waals surface area contributed by atoms with Gasteiger partial charge in [0.25, 0.3) is 0 Å². The lowest BCUT2D eigenvalue weighted by Gasteiger charge is -1.98. The molecule has 3 aromatic heterocycles. The summed E-state index contributed by atoms with van der Waals surface area (Å²) in [4.78, 5) is 20.5. The van der Waals surface area contributed by atoms with E-state index in [1.54, 1.807) is 37.5 Å². The SMILES string of the molecule is CCOC(=O)c1sc2ncccc2c1N.N#Cc1cccnc1Cl. The largest absolute Gasteiger partial charge is 0.462 e. The number of hydrogen-bond acceptors (Lipinski definition) is 7. The third-order valence-electron chi connectivity index (χ3n) is 2.85. The maximum atomic E-state index is 11.5. The third-order valence-corrected chi connectivity index (χ3v) is 4.26. The molecule has 0 aliphatic carbocycles. The zero-order chi connectivity index (χ0) is 17.5. The number of nitrogen functional groups attached to an aromatic ring is 1. The van der Waals surface area contributed by atoms with Crippen molar-refractivity contribution in [1.82, 2.24) is 9.97 Å². The summed E-state index contributed by atoms with van der Waals surface area (Å²) in [7, 11) is 0. The molecule has 0 aliphatic rings. The zero-order valence-electron chi connectivity index (χ0n) is 12.7. The van der Waals surface area contributed by atoms with Crippen molar-refractivity contribution >= 4 is 44.8 Å². The Bertz CT molecular complexity index is 904. The second kappa shape index (κ2) is 8.24. The number of pyridine rings is 2. The van der Waals surface area contributed by atoms with E-state index in [9.17, 15) is 4.79 Å². The summed E-state index contributed by atoms with van der Waals surface area (Å²) in [5.41, 5.74) is 6.72. The average Bonchev–Trinajstić information content (AvgIpc) is 2.94. The van der Waals surface area contributed by atoms with Gasteiger partial charge >= 0.3 is 5.97 Å². The Morgan fingerprint density at radius 1 is 1.38 bits per heavy atom. The normalized spacial score (nSPS) is 9.71. The van der Waals surface area contributed by atoms with Crippen LogP contribution in [0.5, 0.6) is 0 Å². The number of nitrogens with zero attached hydrogens (tertiary/aromatic N) is 3. The molecular weight excluding hydrogens is 348 g/mol. The molecule has 2 N–H and O–H groups in total. The van der Waals surface area contributed by atoms with E-state index in [4.69, 9.17) is 27.3 Å². The molecule has 3 rings (SSSR count). The average molecular weight is 361 g/mol. The number of ether oxygens (including phenoxy) is 1. The van der Waals surface area contributed by atoms with Crippen LogP contribution in [0.25, 0.3) is 10.2 Å². The molecule has 122 valence electrons. The molecule has 0 atom stereocenters. The summed E-state index contributed by atoms with van der Waals surface area (Å²) in [6.07, 6.45) is 3.22. The van der Waals surface area contributed by atoms with Crippen molar-refractivity contribution in [2.75, 3.05) is 12.3 Å². The maximum absolute atomic E-state index is 11.5. The number of hydrogen-bond donors (Lipinski definition) is 1. The molecule has 0 aliphatic heterocycles. The molecule has 3 aromatic rings. The Kier molecular flexibility index (Phi) is 6.07. The third kappa shape index (κ3) is 3.98. The summed E-state index contributed by atoms with van der Waals surface area (Å²) in [6, 6.07) is 8.83. The van der Waals surface area contributed by atoms with Crippen LogP contribution in [0.4, 0.5) is 5.69 Å². The van der Waals surface area contributed by atoms with Gasteiger partial charge in [0.2, 0.25) is 0 Å². The highest BCUT2D eigenvalue weighted by Gasteiger charge is 2.17. The minimum absolute atomic E-state index is 0.264. The van der Waals surface area contributed by atoms with Crippen molar-refractivity contribution < 1.29 is 9.53 Å². The lowest BCUT2D eigenvalue weighted by molar-refractivity contribution is 0.0533. The second-order valence-corrected chi connectivity index (χ2v) is 5.73. The van der Waals surface area contributed by atoms with Gasteiger partial charge in [-0.1, -0.05) is 11.6 Å². The molecular formula is C16H13ClN4O2S. The van der Waals surface area contributed by atoms with Crippen molar-refractivity contribution in [3.63, 3.8) is 0 Å². The van der Waals surface area contributed by atoms with Crippen LogP contribution in [0.1, 0.15) is 22.2 Å². The van der Waals surface area contributed by atoms with E-state index in [1.807, 2.05) is 12.1 Å². The monoisotopic (exact) mass is 360 g/mol. The number of carbonyl (C=O) groups is 1. The number of fused-ring (bicyclic) bond motifs is 1. The number of halogens is 1. The first-order chi connectivity index (χ1) is 11.6. The van der Waals surface area contributed by atoms with Gasteiger partial charge in [0.05, 0.1) is 17.9 Å². The lowest BCUT2D eigenvalue weighted by atomic mass is 10.3. The number of esters is 1. The molecule has 0 unspecified atom stereocenters. The van der Waals surface area contributed by atoms with Gasteiger partial charge in [-0.15, -0.1) is 11.3 Å². The number of anilines is 1. The molecule has 0 saturated carbocycles. The van der Waals surface area contributed by atoms with Crippen LogP contribution in [0.2, 0.25) is 5.15 Å². The van der Waals surface area contributed by atoms with E-state index in [-0.39, 0.29) is 11.1 Å². The number of nitriles is 1. The quantitative estimate of drug-likeness (QED) is 0.552. The second-order valence-electron chi connectivity index (χ2n) is 4.38. The summed E-state index contributed by atoms with van der Waals surface area (Å²) < 4.78 is 4.90. The lowest BCUT2D eigenvalue weighted by Crippen LogP contribution is -2.04. The number of rotatable bonds is 2. The Morgan fingerprint density at radius 3 is 2.67 bits per heavy atom. The molecule has 0 fully saturated rings. The van der Waals surface area contributed by atoms with Gasteiger partial charge in [0, 0.05) is 17.8 Å². The predicted octanol–water partition coefficient (Wildman–Crippen LogP) is 3.66. The van der Waals surface area contributed by atoms with Crippen LogP contribution >= 0.6 is 22.9 Å². The standard InChI is InChI=1S/C10H10N2O2S.C6H3ClN2/c1-2-14-10(13)8-7(11)6-4-3-5-12-9(6)15-8;7-6-5(4-8)2-1-3-9-6/h3-5H,2,11H2,1H3;1-3H. The summed E-state index contributed by atoms with van der Waals surface area (Å²) in [6.45, 7) is 2.11. The summed E-state index contributed by atoms with van der Waals surface area (Å²) in [5.74, 6) is -0.377. The minimum Gasteiger partial charge on any atom is -0.462 e. The zero-order valence-corrected chi connectivity index (χ0v) is 14.3. The van der Waals surface area contributed by atoms with Crippen molar-refractivity contribution in [3.8, 4) is 6.07 Å². The van der Waals surface area contributed by atoms with Crippen molar-refractivity contribution in [2.24, 2.45) is 0 Å². The first-order valence-corrected chi connectivity index (χ1v) is 8.08. The van der Waals surface area contributed by atoms with Crippen LogP contribution in [0.3, 0.4) is 0 Å². The van der Waals surface area contributed by atoms with E-state index < -0.39 is 0 Å². The molecule has 0 aromatic carbocycles. The van der Waals surface area contributed by atoms with Gasteiger partial charge < -0.3 is 10.5 Å². The molecule has 0 radical (unpaired) electrons. The fraction of sp³-hybridized carbons (Fsp3) is 0.125. The fourth-order valence-corrected chi connectivity index (χ4v) is 2.89. The Morgan fingerprint density at radius 2 is 2.08 bits per heavy atom.